The lowest BCUT2D eigenvalue weighted by atomic mass is 9.98. The molecule has 0 N–H and O–H groups in total. The summed E-state index contributed by atoms with van der Waals surface area (Å²) in [6.45, 7) is 4.28. The van der Waals surface area contributed by atoms with Gasteiger partial charge in [0, 0.05) is 21.5 Å². The Balaban J connectivity index is 1.62. The van der Waals surface area contributed by atoms with E-state index in [0.29, 0.717) is 11.1 Å². The molecule has 8 aromatic rings. The summed E-state index contributed by atoms with van der Waals surface area (Å²) >= 11 is 0. The summed E-state index contributed by atoms with van der Waals surface area (Å²) < 4.78 is 4.61. The van der Waals surface area contributed by atoms with Crippen molar-refractivity contribution in [2.45, 2.75) is 13.8 Å². The molecule has 0 saturated carbocycles. The van der Waals surface area contributed by atoms with Crippen LogP contribution < -0.4 is 0 Å². The van der Waals surface area contributed by atoms with Gasteiger partial charge in [-0.3, -0.25) is 0 Å². The van der Waals surface area contributed by atoms with Gasteiger partial charge in [-0.1, -0.05) is 84.9 Å². The van der Waals surface area contributed by atoms with Crippen LogP contribution in [0.5, 0.6) is 0 Å². The SMILES string of the molecule is Cc1cccc2c3ccccc3n(-c3cc(-c4cccc(C#N)c4)cc(C#N)c3-n3c4ccccc4c4cccc(C)c43)c12. The largest absolute Gasteiger partial charge is 0.307 e. The number of benzene rings is 6. The number of hydrogen-bond donors (Lipinski definition) is 0. The van der Waals surface area contributed by atoms with E-state index in [-0.39, 0.29) is 0 Å². The van der Waals surface area contributed by atoms with E-state index in [1.54, 1.807) is 6.07 Å². The summed E-state index contributed by atoms with van der Waals surface area (Å²) in [5.41, 5.74) is 11.3. The lowest BCUT2D eigenvalue weighted by molar-refractivity contribution is 1.08. The molecule has 2 heterocycles. The molecule has 4 heteroatoms. The Bertz CT molecular complexity index is 2550. The summed E-state index contributed by atoms with van der Waals surface area (Å²) in [5.74, 6) is 0. The van der Waals surface area contributed by atoms with Gasteiger partial charge < -0.3 is 9.13 Å². The minimum Gasteiger partial charge on any atom is -0.307 e. The van der Waals surface area contributed by atoms with Gasteiger partial charge in [-0.05, 0) is 72.5 Å². The Morgan fingerprint density at radius 3 is 1.70 bits per heavy atom. The summed E-state index contributed by atoms with van der Waals surface area (Å²) in [6.07, 6.45) is 0. The molecule has 0 radical (unpaired) electrons. The van der Waals surface area contributed by atoms with Gasteiger partial charge in [-0.2, -0.15) is 10.5 Å². The predicted octanol–water partition coefficient (Wildman–Crippen LogP) is 9.91. The van der Waals surface area contributed by atoms with Crippen LogP contribution in [0.3, 0.4) is 0 Å². The average molecular weight is 563 g/mol. The third-order valence-corrected chi connectivity index (χ3v) is 8.79. The minimum absolute atomic E-state index is 0.560. The van der Waals surface area contributed by atoms with Gasteiger partial charge in [0.1, 0.15) is 6.07 Å². The van der Waals surface area contributed by atoms with Crippen LogP contribution in [0.1, 0.15) is 22.3 Å². The van der Waals surface area contributed by atoms with Crippen LogP contribution in [0.4, 0.5) is 0 Å². The molecule has 0 spiro atoms. The summed E-state index contributed by atoms with van der Waals surface area (Å²) in [5, 5.41) is 25.2. The van der Waals surface area contributed by atoms with Crippen LogP contribution in [0.25, 0.3) is 66.1 Å². The van der Waals surface area contributed by atoms with Crippen LogP contribution in [-0.4, -0.2) is 9.13 Å². The van der Waals surface area contributed by atoms with Crippen molar-refractivity contribution in [3.05, 3.63) is 144 Å². The molecule has 0 amide bonds. The zero-order valence-corrected chi connectivity index (χ0v) is 24.3. The Labute approximate surface area is 254 Å². The molecule has 0 bridgehead atoms. The topological polar surface area (TPSA) is 57.4 Å². The quantitative estimate of drug-likeness (QED) is 0.215. The van der Waals surface area contributed by atoms with Crippen molar-refractivity contribution >= 4 is 43.6 Å². The second-order valence-corrected chi connectivity index (χ2v) is 11.3. The molecule has 0 aliphatic rings. The van der Waals surface area contributed by atoms with Gasteiger partial charge in [-0.25, -0.2) is 0 Å². The maximum absolute atomic E-state index is 10.9. The molecule has 0 aliphatic heterocycles. The number of para-hydroxylation sites is 4. The van der Waals surface area contributed by atoms with Crippen molar-refractivity contribution in [2.75, 3.05) is 0 Å². The summed E-state index contributed by atoms with van der Waals surface area (Å²) in [4.78, 5) is 0. The molecule has 8 rings (SSSR count). The maximum Gasteiger partial charge on any atom is 0.101 e. The smallest absolute Gasteiger partial charge is 0.101 e. The van der Waals surface area contributed by atoms with E-state index in [0.717, 1.165) is 71.9 Å². The molecule has 6 aromatic carbocycles. The lowest BCUT2D eigenvalue weighted by Crippen LogP contribution is -2.07. The molecule has 2 aromatic heterocycles. The average Bonchev–Trinajstić information content (AvgIpc) is 3.59. The number of aromatic nitrogens is 2. The second kappa shape index (κ2) is 9.73. The van der Waals surface area contributed by atoms with Gasteiger partial charge >= 0.3 is 0 Å². The first-order valence-electron chi connectivity index (χ1n) is 14.7. The Hall–Kier alpha value is -6.10. The van der Waals surface area contributed by atoms with Crippen molar-refractivity contribution in [3.8, 4) is 34.6 Å². The van der Waals surface area contributed by atoms with E-state index in [4.69, 9.17) is 0 Å². The third-order valence-electron chi connectivity index (χ3n) is 8.79. The van der Waals surface area contributed by atoms with Crippen molar-refractivity contribution in [2.24, 2.45) is 0 Å². The lowest BCUT2D eigenvalue weighted by Gasteiger charge is -2.21. The minimum atomic E-state index is 0.560. The molecule has 206 valence electrons. The molecule has 0 saturated heterocycles. The Morgan fingerprint density at radius 1 is 0.500 bits per heavy atom. The third kappa shape index (κ3) is 3.62. The van der Waals surface area contributed by atoms with Gasteiger partial charge in [0.25, 0.3) is 0 Å². The van der Waals surface area contributed by atoms with E-state index >= 15 is 0 Å². The van der Waals surface area contributed by atoms with E-state index in [9.17, 15) is 10.5 Å². The number of rotatable bonds is 3. The van der Waals surface area contributed by atoms with Crippen LogP contribution >= 0.6 is 0 Å². The van der Waals surface area contributed by atoms with Crippen LogP contribution in [0, 0.1) is 36.5 Å². The fourth-order valence-electron chi connectivity index (χ4n) is 6.91. The van der Waals surface area contributed by atoms with Gasteiger partial charge in [0.2, 0.25) is 0 Å². The van der Waals surface area contributed by atoms with Crippen molar-refractivity contribution in [1.82, 2.24) is 9.13 Å². The highest BCUT2D eigenvalue weighted by Crippen LogP contribution is 2.42. The van der Waals surface area contributed by atoms with Crippen molar-refractivity contribution in [3.63, 3.8) is 0 Å². The molecule has 0 aliphatic carbocycles. The monoisotopic (exact) mass is 562 g/mol. The molecular weight excluding hydrogens is 536 g/mol. The number of hydrogen-bond acceptors (Lipinski definition) is 2. The van der Waals surface area contributed by atoms with Crippen LogP contribution in [-0.2, 0) is 0 Å². The van der Waals surface area contributed by atoms with Crippen molar-refractivity contribution < 1.29 is 0 Å². The first-order chi connectivity index (χ1) is 21.6. The number of aryl methyl sites for hydroxylation is 2. The number of nitrogens with zero attached hydrogens (tertiary/aromatic N) is 4. The highest BCUT2D eigenvalue weighted by atomic mass is 15.1. The Morgan fingerprint density at radius 2 is 1.07 bits per heavy atom. The zero-order valence-electron chi connectivity index (χ0n) is 24.3. The normalized spacial score (nSPS) is 11.4. The zero-order chi connectivity index (χ0) is 29.9. The molecule has 0 atom stereocenters. The Kier molecular flexibility index (Phi) is 5.66. The van der Waals surface area contributed by atoms with E-state index in [2.05, 4.69) is 126 Å². The fraction of sp³-hybridized carbons (Fsp3) is 0.0500. The van der Waals surface area contributed by atoms with Gasteiger partial charge in [-0.15, -0.1) is 0 Å². The number of nitriles is 2. The highest BCUT2D eigenvalue weighted by molar-refractivity contribution is 6.13. The van der Waals surface area contributed by atoms with Crippen LogP contribution in [0.2, 0.25) is 0 Å². The molecule has 4 nitrogen and oxygen atoms in total. The van der Waals surface area contributed by atoms with Gasteiger partial charge in [0.05, 0.1) is 50.6 Å². The standard InChI is InChI=1S/C40H26N4/c1-25-10-7-16-33-31-14-3-5-18-35(31)43(38(25)33)37-22-29(28-13-9-12-27(20-28)23-41)21-30(24-42)40(37)44-36-19-6-4-15-32(36)34-17-8-11-26(2)39(34)44/h3-22H,1-2H3. The summed E-state index contributed by atoms with van der Waals surface area (Å²) in [7, 11) is 0. The van der Waals surface area contributed by atoms with E-state index in [1.165, 1.54) is 5.39 Å². The van der Waals surface area contributed by atoms with Crippen molar-refractivity contribution in [1.29, 1.82) is 10.5 Å². The maximum atomic E-state index is 10.9. The molecule has 0 fully saturated rings. The van der Waals surface area contributed by atoms with Crippen LogP contribution in [0.15, 0.2) is 121 Å². The molecular formula is C40H26N4. The second-order valence-electron chi connectivity index (χ2n) is 11.3. The van der Waals surface area contributed by atoms with E-state index in [1.807, 2.05) is 24.3 Å². The number of fused-ring (bicyclic) bond motifs is 6. The predicted molar refractivity (Wildman–Crippen MR) is 179 cm³/mol. The van der Waals surface area contributed by atoms with Gasteiger partial charge in [0.15, 0.2) is 0 Å². The first kappa shape index (κ1) is 25.6. The van der Waals surface area contributed by atoms with E-state index < -0.39 is 0 Å². The molecule has 0 unspecified atom stereocenters. The summed E-state index contributed by atoms with van der Waals surface area (Å²) in [6, 6.07) is 46.3. The fourth-order valence-corrected chi connectivity index (χ4v) is 6.91. The highest BCUT2D eigenvalue weighted by Gasteiger charge is 2.24. The first-order valence-corrected chi connectivity index (χ1v) is 14.7. The molecule has 44 heavy (non-hydrogen) atoms.